The number of aliphatic hydroxyl groups excluding tert-OH is 1. The molecule has 1 aliphatic rings. The SMILES string of the molecule is CCC(CCO)Cn1nc(C)c(CCN2CCC[C@H]2c2ccc(C=CC(=O)NO)cc2)c1C. The van der Waals surface area contributed by atoms with Gasteiger partial charge in [-0.1, -0.05) is 37.6 Å². The van der Waals surface area contributed by atoms with Crippen LogP contribution in [0, 0.1) is 19.8 Å². The lowest BCUT2D eigenvalue weighted by molar-refractivity contribution is -0.124. The second-order valence-corrected chi connectivity index (χ2v) is 9.04. The number of aryl methyl sites for hydroxylation is 1. The van der Waals surface area contributed by atoms with Crippen LogP contribution in [0.5, 0.6) is 0 Å². The highest BCUT2D eigenvalue weighted by molar-refractivity contribution is 5.90. The molecule has 1 aliphatic heterocycles. The third-order valence-corrected chi connectivity index (χ3v) is 6.95. The maximum Gasteiger partial charge on any atom is 0.267 e. The molecular formula is C26H38N4O3. The highest BCUT2D eigenvalue weighted by Gasteiger charge is 2.26. The molecule has 1 aromatic heterocycles. The number of benzene rings is 1. The van der Waals surface area contributed by atoms with E-state index in [0.717, 1.165) is 56.6 Å². The van der Waals surface area contributed by atoms with Gasteiger partial charge in [-0.05, 0) is 74.8 Å². The van der Waals surface area contributed by atoms with Crippen LogP contribution in [0.2, 0.25) is 0 Å². The van der Waals surface area contributed by atoms with Gasteiger partial charge < -0.3 is 5.11 Å². The Morgan fingerprint density at radius 2 is 2.06 bits per heavy atom. The molecule has 0 spiro atoms. The second kappa shape index (κ2) is 12.1. The summed E-state index contributed by atoms with van der Waals surface area (Å²) in [5.41, 5.74) is 7.55. The molecule has 0 radical (unpaired) electrons. The first kappa shape index (κ1) is 25.1. The van der Waals surface area contributed by atoms with Gasteiger partial charge >= 0.3 is 0 Å². The molecule has 0 aliphatic carbocycles. The number of aliphatic hydroxyl groups is 1. The molecule has 2 atom stereocenters. The van der Waals surface area contributed by atoms with E-state index in [-0.39, 0.29) is 6.61 Å². The lowest BCUT2D eigenvalue weighted by Crippen LogP contribution is -2.26. The molecule has 0 saturated carbocycles. The van der Waals surface area contributed by atoms with Crippen molar-refractivity contribution in [3.63, 3.8) is 0 Å². The van der Waals surface area contributed by atoms with E-state index in [1.807, 2.05) is 12.1 Å². The van der Waals surface area contributed by atoms with Gasteiger partial charge in [-0.25, -0.2) is 5.48 Å². The normalized spacial score (nSPS) is 17.7. The summed E-state index contributed by atoms with van der Waals surface area (Å²) in [4.78, 5) is 13.7. The molecule has 1 fully saturated rings. The summed E-state index contributed by atoms with van der Waals surface area (Å²) < 4.78 is 2.14. The van der Waals surface area contributed by atoms with Gasteiger partial charge in [0, 0.05) is 37.5 Å². The van der Waals surface area contributed by atoms with Gasteiger partial charge in [0.1, 0.15) is 0 Å². The van der Waals surface area contributed by atoms with Crippen molar-refractivity contribution in [1.29, 1.82) is 0 Å². The van der Waals surface area contributed by atoms with E-state index in [4.69, 9.17) is 10.3 Å². The maximum atomic E-state index is 11.2. The summed E-state index contributed by atoms with van der Waals surface area (Å²) in [6.07, 6.45) is 8.21. The highest BCUT2D eigenvalue weighted by Crippen LogP contribution is 2.32. The van der Waals surface area contributed by atoms with Crippen molar-refractivity contribution in [2.75, 3.05) is 19.7 Å². The van der Waals surface area contributed by atoms with Crippen LogP contribution in [0.4, 0.5) is 0 Å². The lowest BCUT2D eigenvalue weighted by Gasteiger charge is -2.25. The Morgan fingerprint density at radius 1 is 1.30 bits per heavy atom. The third kappa shape index (κ3) is 6.53. The number of carbonyl (C=O) groups is 1. The van der Waals surface area contributed by atoms with Crippen molar-refractivity contribution in [2.45, 2.75) is 65.5 Å². The zero-order valence-electron chi connectivity index (χ0n) is 20.1. The number of aromatic nitrogens is 2. The molecule has 7 nitrogen and oxygen atoms in total. The molecule has 33 heavy (non-hydrogen) atoms. The first-order chi connectivity index (χ1) is 16.0. The fraction of sp³-hybridized carbons (Fsp3) is 0.538. The molecule has 3 rings (SSSR count). The van der Waals surface area contributed by atoms with Crippen LogP contribution in [0.1, 0.15) is 66.7 Å². The van der Waals surface area contributed by atoms with Crippen molar-refractivity contribution < 1.29 is 15.1 Å². The van der Waals surface area contributed by atoms with Gasteiger partial charge in [-0.3, -0.25) is 19.6 Å². The van der Waals surface area contributed by atoms with Crippen LogP contribution >= 0.6 is 0 Å². The first-order valence-electron chi connectivity index (χ1n) is 12.1. The molecule has 1 amide bonds. The fourth-order valence-corrected chi connectivity index (χ4v) is 4.89. The first-order valence-corrected chi connectivity index (χ1v) is 12.1. The average Bonchev–Trinajstić information content (AvgIpc) is 3.40. The van der Waals surface area contributed by atoms with E-state index in [9.17, 15) is 9.90 Å². The minimum Gasteiger partial charge on any atom is -0.396 e. The van der Waals surface area contributed by atoms with E-state index >= 15 is 0 Å². The number of nitrogens with one attached hydrogen (secondary N) is 1. The van der Waals surface area contributed by atoms with Crippen molar-refractivity contribution in [3.05, 3.63) is 58.4 Å². The molecule has 7 heteroatoms. The number of rotatable bonds is 11. The minimum atomic E-state index is -0.534. The number of hydroxylamine groups is 1. The van der Waals surface area contributed by atoms with Gasteiger partial charge in [0.05, 0.1) is 5.69 Å². The Kier molecular flexibility index (Phi) is 9.23. The lowest BCUT2D eigenvalue weighted by atomic mass is 10.0. The van der Waals surface area contributed by atoms with Gasteiger partial charge in [-0.2, -0.15) is 5.10 Å². The van der Waals surface area contributed by atoms with Crippen LogP contribution in [0.3, 0.4) is 0 Å². The topological polar surface area (TPSA) is 90.6 Å². The van der Waals surface area contributed by atoms with E-state index < -0.39 is 5.91 Å². The highest BCUT2D eigenvalue weighted by atomic mass is 16.5. The third-order valence-electron chi connectivity index (χ3n) is 6.95. The fourth-order valence-electron chi connectivity index (χ4n) is 4.89. The Morgan fingerprint density at radius 3 is 2.73 bits per heavy atom. The number of likely N-dealkylation sites (tertiary alicyclic amines) is 1. The molecule has 180 valence electrons. The molecule has 2 aromatic rings. The van der Waals surface area contributed by atoms with Crippen LogP contribution in [-0.4, -0.2) is 50.6 Å². The van der Waals surface area contributed by atoms with Crippen molar-refractivity contribution in [2.24, 2.45) is 5.92 Å². The van der Waals surface area contributed by atoms with Crippen LogP contribution in [-0.2, 0) is 17.8 Å². The van der Waals surface area contributed by atoms with Gasteiger partial charge in [0.15, 0.2) is 0 Å². The summed E-state index contributed by atoms with van der Waals surface area (Å²) in [6, 6.07) is 8.72. The summed E-state index contributed by atoms with van der Waals surface area (Å²) >= 11 is 0. The second-order valence-electron chi connectivity index (χ2n) is 9.04. The smallest absolute Gasteiger partial charge is 0.267 e. The maximum absolute atomic E-state index is 11.2. The Balaban J connectivity index is 1.63. The van der Waals surface area contributed by atoms with Crippen molar-refractivity contribution in [3.8, 4) is 0 Å². The monoisotopic (exact) mass is 454 g/mol. The zero-order valence-corrected chi connectivity index (χ0v) is 20.1. The quantitative estimate of drug-likeness (QED) is 0.273. The van der Waals surface area contributed by atoms with E-state index in [1.54, 1.807) is 11.6 Å². The predicted molar refractivity (Wildman–Crippen MR) is 130 cm³/mol. The van der Waals surface area contributed by atoms with Crippen molar-refractivity contribution in [1.82, 2.24) is 20.2 Å². The van der Waals surface area contributed by atoms with E-state index in [2.05, 4.69) is 42.5 Å². The largest absolute Gasteiger partial charge is 0.396 e. The van der Waals surface area contributed by atoms with Gasteiger partial charge in [0.2, 0.25) is 0 Å². The minimum absolute atomic E-state index is 0.232. The summed E-state index contributed by atoms with van der Waals surface area (Å²) in [7, 11) is 0. The molecule has 1 unspecified atom stereocenters. The molecule has 2 heterocycles. The summed E-state index contributed by atoms with van der Waals surface area (Å²) in [5, 5.41) is 22.7. The summed E-state index contributed by atoms with van der Waals surface area (Å²) in [5.74, 6) is -0.0757. The standard InChI is InChI=1S/C26H38N4O3/c1-4-21(14-17-31)18-30-20(3)24(19(2)27-30)13-16-29-15-5-6-25(29)23-10-7-22(8-11-23)9-12-26(32)28-33/h7-12,21,25,31,33H,4-6,13-18H2,1-3H3,(H,28,32)/t21?,25-/m0/s1. The van der Waals surface area contributed by atoms with Gasteiger partial charge in [-0.15, -0.1) is 0 Å². The molecule has 3 N–H and O–H groups in total. The average molecular weight is 455 g/mol. The van der Waals surface area contributed by atoms with E-state index in [1.165, 1.54) is 29.3 Å². The Hall–Kier alpha value is -2.48. The predicted octanol–water partition coefficient (Wildman–Crippen LogP) is 3.81. The number of nitrogens with zero attached hydrogens (tertiary/aromatic N) is 3. The van der Waals surface area contributed by atoms with Crippen LogP contribution in [0.25, 0.3) is 6.08 Å². The zero-order chi connectivity index (χ0) is 23.8. The number of hydrogen-bond donors (Lipinski definition) is 3. The number of carbonyl (C=O) groups excluding carboxylic acids is 1. The molecule has 1 saturated heterocycles. The number of amides is 1. The molecular weight excluding hydrogens is 416 g/mol. The summed E-state index contributed by atoms with van der Waals surface area (Å²) in [6.45, 7) is 9.67. The molecule has 1 aromatic carbocycles. The van der Waals surface area contributed by atoms with E-state index in [0.29, 0.717) is 12.0 Å². The van der Waals surface area contributed by atoms with Crippen LogP contribution < -0.4 is 5.48 Å². The number of hydrogen-bond acceptors (Lipinski definition) is 5. The van der Waals surface area contributed by atoms with Gasteiger partial charge in [0.25, 0.3) is 5.91 Å². The van der Waals surface area contributed by atoms with Crippen LogP contribution in [0.15, 0.2) is 30.3 Å². The Labute approximate surface area is 197 Å². The molecule has 0 bridgehead atoms. The van der Waals surface area contributed by atoms with Crippen molar-refractivity contribution >= 4 is 12.0 Å². The Bertz CT molecular complexity index is 936.